The van der Waals surface area contributed by atoms with Crippen LogP contribution in [0.3, 0.4) is 0 Å². The highest BCUT2D eigenvalue weighted by atomic mass is 16.1. The number of aromatic nitrogens is 4. The van der Waals surface area contributed by atoms with E-state index in [1.54, 1.807) is 6.92 Å². The summed E-state index contributed by atoms with van der Waals surface area (Å²) in [6, 6.07) is 21.5. The van der Waals surface area contributed by atoms with Gasteiger partial charge in [-0.1, -0.05) is 61.4 Å². The number of aryl methyl sites for hydroxylation is 5. The van der Waals surface area contributed by atoms with Crippen LogP contribution >= 0.6 is 0 Å². The van der Waals surface area contributed by atoms with E-state index in [1.807, 2.05) is 6.07 Å². The van der Waals surface area contributed by atoms with Crippen LogP contribution in [0.15, 0.2) is 60.7 Å². The maximum absolute atomic E-state index is 13.2. The Bertz CT molecular complexity index is 2250. The Morgan fingerprint density at radius 2 is 1.39 bits per heavy atom. The number of nitrogens with zero attached hydrogens (tertiary/aromatic N) is 2. The second kappa shape index (κ2) is 10.8. The first-order valence-electron chi connectivity index (χ1n) is 16.0. The molecule has 2 aliphatic rings. The number of carbonyl (C=O) groups excluding carboxylic acids is 1. The topological polar surface area (TPSA) is 74.4 Å². The molecule has 5 heteroatoms. The van der Waals surface area contributed by atoms with Crippen LogP contribution in [0.25, 0.3) is 56.5 Å². The summed E-state index contributed by atoms with van der Waals surface area (Å²) in [5.74, 6) is 0.0184. The molecule has 3 aromatic heterocycles. The molecule has 0 aliphatic carbocycles. The predicted octanol–water partition coefficient (Wildman–Crippen LogP) is 10.1. The Morgan fingerprint density at radius 1 is 0.717 bits per heavy atom. The number of fused-ring (bicyclic) bond motifs is 8. The average Bonchev–Trinajstić information content (AvgIpc) is 3.79. The van der Waals surface area contributed by atoms with Gasteiger partial charge in [-0.25, -0.2) is 4.98 Å². The van der Waals surface area contributed by atoms with Gasteiger partial charge >= 0.3 is 0 Å². The van der Waals surface area contributed by atoms with E-state index in [9.17, 15) is 4.79 Å². The van der Waals surface area contributed by atoms with Crippen LogP contribution in [0.5, 0.6) is 0 Å². The standard InChI is InChI=1S/C41H40N4O/c1-22-9-11-28(12-10-22)38-31-14-13-29(42-31)19-36-41(7,8)21-35(44-36)26(5)40-30(27(6)46)20-34(45-40)39(33-16-15-32(38)43-33)37-24(3)17-23(2)18-25(37)4/h9-20,42,45H,21H2,1-8H3. The fourth-order valence-corrected chi connectivity index (χ4v) is 7.16. The number of carbonyl (C=O) groups is 1. The van der Waals surface area contributed by atoms with Crippen LogP contribution in [0.2, 0.25) is 0 Å². The summed E-state index contributed by atoms with van der Waals surface area (Å²) in [6.07, 6.45) is 5.01. The first-order chi connectivity index (χ1) is 21.9. The molecule has 0 spiro atoms. The molecule has 8 bridgehead atoms. The molecule has 0 radical (unpaired) electrons. The normalized spacial score (nSPS) is 13.7. The molecule has 0 atom stereocenters. The molecule has 0 amide bonds. The summed E-state index contributed by atoms with van der Waals surface area (Å²) in [5.41, 5.74) is 17.9. The molecule has 0 unspecified atom stereocenters. The Labute approximate surface area is 270 Å². The largest absolute Gasteiger partial charge is 0.355 e. The van der Waals surface area contributed by atoms with Crippen molar-refractivity contribution in [3.63, 3.8) is 0 Å². The maximum atomic E-state index is 13.2. The Hall–Kier alpha value is -5.03. The van der Waals surface area contributed by atoms with Crippen molar-refractivity contribution >= 4 is 40.0 Å². The number of Topliss-reactive ketones (excluding diaryl/α,β-unsaturated/α-hetero) is 1. The number of hydrogen-bond acceptors (Lipinski definition) is 3. The van der Waals surface area contributed by atoms with Gasteiger partial charge in [0.05, 0.1) is 16.9 Å². The van der Waals surface area contributed by atoms with Gasteiger partial charge in [0, 0.05) is 56.5 Å². The minimum atomic E-state index is -0.166. The van der Waals surface area contributed by atoms with Crippen LogP contribution in [0, 0.1) is 34.6 Å². The third-order valence-corrected chi connectivity index (χ3v) is 9.52. The number of H-pyrrole nitrogens is 2. The molecule has 2 aromatic carbocycles. The lowest BCUT2D eigenvalue weighted by Crippen LogP contribution is -2.15. The summed E-state index contributed by atoms with van der Waals surface area (Å²) in [7, 11) is 0. The van der Waals surface area contributed by atoms with E-state index in [0.717, 1.165) is 79.1 Å². The van der Waals surface area contributed by atoms with Gasteiger partial charge in [0.25, 0.3) is 0 Å². The van der Waals surface area contributed by atoms with Gasteiger partial charge in [-0.15, -0.1) is 0 Å². The zero-order valence-electron chi connectivity index (χ0n) is 27.9. The monoisotopic (exact) mass is 604 g/mol. The van der Waals surface area contributed by atoms with Crippen LogP contribution in [0.4, 0.5) is 0 Å². The average molecular weight is 605 g/mol. The quantitative estimate of drug-likeness (QED) is 0.197. The van der Waals surface area contributed by atoms with Gasteiger partial charge in [0.2, 0.25) is 0 Å². The molecular weight excluding hydrogens is 564 g/mol. The zero-order valence-corrected chi connectivity index (χ0v) is 27.9. The highest BCUT2D eigenvalue weighted by Crippen LogP contribution is 2.39. The van der Waals surface area contributed by atoms with Crippen molar-refractivity contribution in [2.45, 2.75) is 67.2 Å². The number of nitrogens with one attached hydrogen (secondary N) is 2. The summed E-state index contributed by atoms with van der Waals surface area (Å²) in [4.78, 5) is 31.2. The van der Waals surface area contributed by atoms with E-state index in [0.29, 0.717) is 5.56 Å². The summed E-state index contributed by atoms with van der Waals surface area (Å²) >= 11 is 0. The molecule has 7 rings (SSSR count). The lowest BCUT2D eigenvalue weighted by Gasteiger charge is -2.16. The van der Waals surface area contributed by atoms with Crippen LogP contribution in [-0.2, 0) is 11.8 Å². The van der Waals surface area contributed by atoms with Crippen LogP contribution in [-0.4, -0.2) is 25.7 Å². The third kappa shape index (κ3) is 5.00. The SMILES string of the molecule is CC(=O)c1cc2[nH]c1c(C)c1nc(cc3ccc([nH]3)c(-c3ccc(C)cc3)c3nc(c2-c2c(C)cc(C)cc2C)C=C3)C(C)(C)C1. The third-order valence-electron chi connectivity index (χ3n) is 9.52. The fourth-order valence-electron chi connectivity index (χ4n) is 7.16. The molecule has 2 aliphatic heterocycles. The zero-order chi connectivity index (χ0) is 32.5. The number of aromatic amines is 2. The van der Waals surface area contributed by atoms with E-state index < -0.39 is 0 Å². The van der Waals surface area contributed by atoms with E-state index in [-0.39, 0.29) is 11.2 Å². The highest BCUT2D eigenvalue weighted by Gasteiger charge is 2.30. The molecule has 2 N–H and O–H groups in total. The summed E-state index contributed by atoms with van der Waals surface area (Å²) < 4.78 is 0. The van der Waals surface area contributed by atoms with Crippen molar-refractivity contribution in [2.24, 2.45) is 0 Å². The molecule has 0 saturated heterocycles. The molecule has 46 heavy (non-hydrogen) atoms. The van der Waals surface area contributed by atoms with Crippen LogP contribution < -0.4 is 0 Å². The van der Waals surface area contributed by atoms with Crippen LogP contribution in [0.1, 0.15) is 81.7 Å². The molecule has 0 saturated carbocycles. The number of benzene rings is 2. The minimum absolute atomic E-state index is 0.0184. The van der Waals surface area contributed by atoms with Gasteiger partial charge in [-0.2, -0.15) is 0 Å². The van der Waals surface area contributed by atoms with Crippen molar-refractivity contribution in [3.8, 4) is 22.3 Å². The van der Waals surface area contributed by atoms with Gasteiger partial charge in [-0.05, 0) is 106 Å². The minimum Gasteiger partial charge on any atom is -0.355 e. The van der Waals surface area contributed by atoms with Crippen molar-refractivity contribution in [1.82, 2.24) is 19.9 Å². The lowest BCUT2D eigenvalue weighted by atomic mass is 9.86. The second-order valence-electron chi connectivity index (χ2n) is 13.7. The fraction of sp³-hybridized carbons (Fsp3) is 0.244. The maximum Gasteiger partial charge on any atom is 0.161 e. The molecule has 5 heterocycles. The molecule has 0 fully saturated rings. The van der Waals surface area contributed by atoms with Crippen molar-refractivity contribution < 1.29 is 4.79 Å². The summed E-state index contributed by atoms with van der Waals surface area (Å²) in [5, 5.41) is 0. The van der Waals surface area contributed by atoms with Gasteiger partial charge in [-0.3, -0.25) is 9.78 Å². The predicted molar refractivity (Wildman–Crippen MR) is 191 cm³/mol. The van der Waals surface area contributed by atoms with E-state index in [2.05, 4.69) is 125 Å². The van der Waals surface area contributed by atoms with Gasteiger partial charge < -0.3 is 9.97 Å². The van der Waals surface area contributed by atoms with E-state index >= 15 is 0 Å². The van der Waals surface area contributed by atoms with Gasteiger partial charge in [0.15, 0.2) is 5.78 Å². The lowest BCUT2D eigenvalue weighted by molar-refractivity contribution is 0.101. The van der Waals surface area contributed by atoms with Gasteiger partial charge in [0.1, 0.15) is 0 Å². The molecule has 5 aromatic rings. The Morgan fingerprint density at radius 3 is 2.07 bits per heavy atom. The Kier molecular flexibility index (Phi) is 6.97. The van der Waals surface area contributed by atoms with Crippen molar-refractivity contribution in [1.29, 1.82) is 0 Å². The first kappa shape index (κ1) is 29.7. The molecule has 5 nitrogen and oxygen atoms in total. The van der Waals surface area contributed by atoms with E-state index in [4.69, 9.17) is 9.97 Å². The van der Waals surface area contributed by atoms with Crippen molar-refractivity contribution in [3.05, 3.63) is 117 Å². The number of ketones is 1. The first-order valence-corrected chi connectivity index (χ1v) is 16.0. The number of hydrogen-bond donors (Lipinski definition) is 2. The number of rotatable bonds is 3. The molecule has 230 valence electrons. The second-order valence-corrected chi connectivity index (χ2v) is 13.7. The summed E-state index contributed by atoms with van der Waals surface area (Å²) in [6.45, 7) is 16.8. The van der Waals surface area contributed by atoms with Crippen molar-refractivity contribution in [2.75, 3.05) is 0 Å². The van der Waals surface area contributed by atoms with E-state index in [1.165, 1.54) is 22.3 Å². The molecular formula is C41H40N4O. The Balaban J connectivity index is 1.72. The smallest absolute Gasteiger partial charge is 0.161 e. The highest BCUT2D eigenvalue weighted by molar-refractivity contribution is 6.06.